The molecule has 0 N–H and O–H groups in total. The number of esters is 2. The average Bonchev–Trinajstić information content (AvgIpc) is 2.86. The van der Waals surface area contributed by atoms with Gasteiger partial charge in [0, 0.05) is 24.3 Å². The molecule has 2 aliphatic rings. The van der Waals surface area contributed by atoms with Crippen LogP contribution in [0.5, 0.6) is 0 Å². The Morgan fingerprint density at radius 2 is 1.19 bits per heavy atom. The summed E-state index contributed by atoms with van der Waals surface area (Å²) in [6.45, 7) is 2.98. The first-order chi connectivity index (χ1) is 10.1. The zero-order chi connectivity index (χ0) is 15.2. The fourth-order valence-electron chi connectivity index (χ4n) is 3.35. The molecule has 0 spiro atoms. The van der Waals surface area contributed by atoms with Crippen LogP contribution in [0.2, 0.25) is 0 Å². The summed E-state index contributed by atoms with van der Waals surface area (Å²) in [6.07, 6.45) is 8.59. The number of thioether (sulfide) groups is 1. The molecule has 0 saturated carbocycles. The van der Waals surface area contributed by atoms with Crippen molar-refractivity contribution in [3.63, 3.8) is 0 Å². The van der Waals surface area contributed by atoms with Gasteiger partial charge >= 0.3 is 11.9 Å². The van der Waals surface area contributed by atoms with Crippen LogP contribution in [0.4, 0.5) is 0 Å². The molecule has 0 aliphatic carbocycles. The van der Waals surface area contributed by atoms with Gasteiger partial charge in [-0.25, -0.2) is 0 Å². The second-order valence-corrected chi connectivity index (χ2v) is 7.56. The molecule has 0 aromatic heterocycles. The maximum atomic E-state index is 11.3. The number of fused-ring (bicyclic) bond motifs is 2. The average molecular weight is 314 g/mol. The molecule has 4 atom stereocenters. The Kier molecular flexibility index (Phi) is 6.40. The van der Waals surface area contributed by atoms with E-state index in [1.165, 1.54) is 13.8 Å². The standard InChI is InChI=1S/C16H26O4S/c1-11(17)19-13-7-5-3-4-6-8-14(20-12(2)18)16-10-9-15(13)21-16/h13-16H,3-10H2,1-2H3. The molecule has 0 amide bonds. The molecule has 2 aliphatic heterocycles. The van der Waals surface area contributed by atoms with Gasteiger partial charge in [-0.2, -0.15) is 0 Å². The van der Waals surface area contributed by atoms with Crippen molar-refractivity contribution in [2.45, 2.75) is 87.9 Å². The normalized spacial score (nSPS) is 33.8. The first kappa shape index (κ1) is 16.7. The first-order valence-electron chi connectivity index (χ1n) is 8.06. The highest BCUT2D eigenvalue weighted by Crippen LogP contribution is 2.42. The second kappa shape index (κ2) is 8.06. The molecule has 2 heterocycles. The zero-order valence-corrected chi connectivity index (χ0v) is 13.8. The molecule has 2 bridgehead atoms. The second-order valence-electron chi connectivity index (χ2n) is 6.08. The molecular formula is C16H26O4S. The van der Waals surface area contributed by atoms with E-state index in [2.05, 4.69) is 0 Å². The molecule has 120 valence electrons. The van der Waals surface area contributed by atoms with Crippen LogP contribution < -0.4 is 0 Å². The summed E-state index contributed by atoms with van der Waals surface area (Å²) in [5.41, 5.74) is 0. The Bertz CT molecular complexity index is 337. The third-order valence-corrected chi connectivity index (χ3v) is 6.05. The summed E-state index contributed by atoms with van der Waals surface area (Å²) in [7, 11) is 0. The van der Waals surface area contributed by atoms with Gasteiger partial charge in [0.2, 0.25) is 0 Å². The van der Waals surface area contributed by atoms with Crippen molar-refractivity contribution in [1.29, 1.82) is 0 Å². The van der Waals surface area contributed by atoms with Crippen molar-refractivity contribution in [1.82, 2.24) is 0 Å². The number of hydrogen-bond acceptors (Lipinski definition) is 5. The smallest absolute Gasteiger partial charge is 0.302 e. The molecule has 5 heteroatoms. The molecular weight excluding hydrogens is 288 g/mol. The van der Waals surface area contributed by atoms with E-state index in [9.17, 15) is 9.59 Å². The Labute approximate surface area is 131 Å². The highest BCUT2D eigenvalue weighted by atomic mass is 32.2. The predicted octanol–water partition coefficient (Wildman–Crippen LogP) is 3.47. The van der Waals surface area contributed by atoms with Crippen molar-refractivity contribution in [2.24, 2.45) is 0 Å². The van der Waals surface area contributed by atoms with E-state index < -0.39 is 0 Å². The van der Waals surface area contributed by atoms with E-state index in [1.54, 1.807) is 0 Å². The lowest BCUT2D eigenvalue weighted by Gasteiger charge is -2.25. The van der Waals surface area contributed by atoms with Crippen molar-refractivity contribution in [3.05, 3.63) is 0 Å². The van der Waals surface area contributed by atoms with Gasteiger partial charge in [0.05, 0.1) is 0 Å². The number of carbonyl (C=O) groups is 2. The predicted molar refractivity (Wildman–Crippen MR) is 83.2 cm³/mol. The van der Waals surface area contributed by atoms with Crippen LogP contribution in [0.3, 0.4) is 0 Å². The first-order valence-corrected chi connectivity index (χ1v) is 9.00. The zero-order valence-electron chi connectivity index (χ0n) is 13.0. The minimum Gasteiger partial charge on any atom is -0.461 e. The fraction of sp³-hybridized carbons (Fsp3) is 0.875. The van der Waals surface area contributed by atoms with Crippen molar-refractivity contribution < 1.29 is 19.1 Å². The van der Waals surface area contributed by atoms with Crippen LogP contribution in [-0.4, -0.2) is 34.6 Å². The Morgan fingerprint density at radius 1 is 0.762 bits per heavy atom. The van der Waals surface area contributed by atoms with Gasteiger partial charge in [0.25, 0.3) is 0 Å². The summed E-state index contributed by atoms with van der Waals surface area (Å²) in [6, 6.07) is 0. The highest BCUT2D eigenvalue weighted by molar-refractivity contribution is 8.00. The minimum absolute atomic E-state index is 0.0218. The monoisotopic (exact) mass is 314 g/mol. The van der Waals surface area contributed by atoms with Gasteiger partial charge in [0.15, 0.2) is 0 Å². The Hall–Kier alpha value is -0.710. The van der Waals surface area contributed by atoms with Gasteiger partial charge < -0.3 is 9.47 Å². The summed E-state index contributed by atoms with van der Waals surface area (Å²) in [4.78, 5) is 22.6. The summed E-state index contributed by atoms with van der Waals surface area (Å²) in [5.74, 6) is -0.370. The fourth-order valence-corrected chi connectivity index (χ4v) is 5.08. The lowest BCUT2D eigenvalue weighted by atomic mass is 9.98. The van der Waals surface area contributed by atoms with Crippen molar-refractivity contribution >= 4 is 23.7 Å². The maximum absolute atomic E-state index is 11.3. The van der Waals surface area contributed by atoms with Crippen LogP contribution >= 0.6 is 11.8 Å². The van der Waals surface area contributed by atoms with E-state index >= 15 is 0 Å². The van der Waals surface area contributed by atoms with Crippen LogP contribution in [0.25, 0.3) is 0 Å². The third-order valence-electron chi connectivity index (χ3n) is 4.28. The van der Waals surface area contributed by atoms with Crippen molar-refractivity contribution in [3.8, 4) is 0 Å². The van der Waals surface area contributed by atoms with Crippen LogP contribution in [-0.2, 0) is 19.1 Å². The van der Waals surface area contributed by atoms with Gasteiger partial charge in [-0.05, 0) is 38.5 Å². The number of carbonyl (C=O) groups excluding carboxylic acids is 2. The van der Waals surface area contributed by atoms with E-state index in [-0.39, 0.29) is 24.1 Å². The summed E-state index contributed by atoms with van der Waals surface area (Å²) in [5, 5.41) is 0.713. The highest BCUT2D eigenvalue weighted by Gasteiger charge is 2.38. The molecule has 21 heavy (non-hydrogen) atoms. The summed E-state index contributed by atoms with van der Waals surface area (Å²) < 4.78 is 11.1. The SMILES string of the molecule is CC(=O)OC1CCCCCCC(OC(C)=O)C2CCC1S2. The number of hydrogen-bond donors (Lipinski definition) is 0. The molecule has 4 nitrogen and oxygen atoms in total. The largest absolute Gasteiger partial charge is 0.461 e. The van der Waals surface area contributed by atoms with E-state index in [1.807, 2.05) is 11.8 Å². The van der Waals surface area contributed by atoms with Gasteiger partial charge in [0.1, 0.15) is 12.2 Å². The summed E-state index contributed by atoms with van der Waals surface area (Å²) >= 11 is 1.86. The van der Waals surface area contributed by atoms with E-state index in [0.29, 0.717) is 10.5 Å². The molecule has 0 aromatic carbocycles. The molecule has 0 radical (unpaired) electrons. The van der Waals surface area contributed by atoms with Gasteiger partial charge in [-0.3, -0.25) is 9.59 Å². The lowest BCUT2D eigenvalue weighted by Crippen LogP contribution is -2.29. The van der Waals surface area contributed by atoms with Gasteiger partial charge in [-0.1, -0.05) is 12.8 Å². The van der Waals surface area contributed by atoms with Crippen LogP contribution in [0.15, 0.2) is 0 Å². The molecule has 2 fully saturated rings. The topological polar surface area (TPSA) is 52.6 Å². The molecule has 2 rings (SSSR count). The van der Waals surface area contributed by atoms with Crippen LogP contribution in [0.1, 0.15) is 65.2 Å². The molecule has 2 saturated heterocycles. The Balaban J connectivity index is 2.04. The molecule has 0 aromatic rings. The third kappa shape index (κ3) is 5.20. The quantitative estimate of drug-likeness (QED) is 0.731. The number of ether oxygens (including phenoxy) is 2. The van der Waals surface area contributed by atoms with Gasteiger partial charge in [-0.15, -0.1) is 11.8 Å². The Morgan fingerprint density at radius 3 is 1.57 bits per heavy atom. The maximum Gasteiger partial charge on any atom is 0.302 e. The van der Waals surface area contributed by atoms with E-state index in [4.69, 9.17) is 9.47 Å². The minimum atomic E-state index is -0.185. The number of rotatable bonds is 2. The molecule has 4 unspecified atom stereocenters. The van der Waals surface area contributed by atoms with Crippen molar-refractivity contribution in [2.75, 3.05) is 0 Å². The van der Waals surface area contributed by atoms with E-state index in [0.717, 1.165) is 51.4 Å². The lowest BCUT2D eigenvalue weighted by molar-refractivity contribution is -0.148. The van der Waals surface area contributed by atoms with Crippen LogP contribution in [0, 0.1) is 0 Å².